The molecule has 1 atom stereocenters. The second-order valence-electron chi connectivity index (χ2n) is 7.16. The van der Waals surface area contributed by atoms with Crippen molar-refractivity contribution in [2.45, 2.75) is 13.1 Å². The van der Waals surface area contributed by atoms with Gasteiger partial charge in [-0.1, -0.05) is 35.9 Å². The fraction of sp³-hybridized carbons (Fsp3) is 0.200. The maximum absolute atomic E-state index is 13.0. The number of esters is 1. The van der Waals surface area contributed by atoms with Crippen LogP contribution in [0.3, 0.4) is 0 Å². The topological polar surface area (TPSA) is 63.6 Å². The summed E-state index contributed by atoms with van der Waals surface area (Å²) >= 11 is 6.12. The van der Waals surface area contributed by atoms with Crippen molar-refractivity contribution in [2.24, 2.45) is 5.10 Å². The van der Waals surface area contributed by atoms with Crippen LogP contribution in [0.2, 0.25) is 5.02 Å². The second kappa shape index (κ2) is 9.83. The minimum Gasteiger partial charge on any atom is -0.493 e. The molecule has 0 aliphatic carbocycles. The number of carbonyl (C=O) groups is 1. The second-order valence-corrected chi connectivity index (χ2v) is 7.60. The first-order valence-corrected chi connectivity index (χ1v) is 10.8. The van der Waals surface area contributed by atoms with E-state index in [0.717, 1.165) is 16.9 Å². The smallest absolute Gasteiger partial charge is 0.376 e. The molecule has 0 saturated heterocycles. The highest BCUT2D eigenvalue weighted by Crippen LogP contribution is 2.41. The van der Waals surface area contributed by atoms with Gasteiger partial charge in [-0.3, -0.25) is 4.90 Å². The van der Waals surface area contributed by atoms with E-state index in [1.807, 2.05) is 65.6 Å². The Balaban J connectivity index is 1.91. The van der Waals surface area contributed by atoms with Crippen LogP contribution < -0.4 is 19.4 Å². The lowest BCUT2D eigenvalue weighted by Crippen LogP contribution is -2.39. The van der Waals surface area contributed by atoms with Gasteiger partial charge in [0, 0.05) is 16.3 Å². The average molecular weight is 466 g/mol. The van der Waals surface area contributed by atoms with Crippen molar-refractivity contribution in [1.29, 1.82) is 0 Å². The van der Waals surface area contributed by atoms with Crippen molar-refractivity contribution in [3.8, 4) is 11.5 Å². The van der Waals surface area contributed by atoms with Crippen LogP contribution in [0.4, 0.5) is 11.4 Å². The van der Waals surface area contributed by atoms with Gasteiger partial charge in [-0.2, -0.15) is 0 Å². The fourth-order valence-corrected chi connectivity index (χ4v) is 3.84. The number of amidine groups is 1. The van der Waals surface area contributed by atoms with Crippen LogP contribution in [-0.2, 0) is 9.53 Å². The van der Waals surface area contributed by atoms with E-state index in [1.54, 1.807) is 38.3 Å². The van der Waals surface area contributed by atoms with Gasteiger partial charge in [-0.15, -0.1) is 5.10 Å². The van der Waals surface area contributed by atoms with E-state index in [4.69, 9.17) is 30.9 Å². The number of anilines is 2. The molecule has 0 aromatic heterocycles. The SMILES string of the molecule is CCOC(=O)C1=NN(c2ccc(Cl)cc2)[C@H](c2ccc(OC)c(OC)c2)N1c1ccccc1. The van der Waals surface area contributed by atoms with Crippen molar-refractivity contribution >= 4 is 34.8 Å². The first-order valence-electron chi connectivity index (χ1n) is 10.4. The van der Waals surface area contributed by atoms with Gasteiger partial charge in [0.1, 0.15) is 0 Å². The number of halogens is 1. The monoisotopic (exact) mass is 465 g/mol. The van der Waals surface area contributed by atoms with Crippen LogP contribution in [0.15, 0.2) is 77.9 Å². The van der Waals surface area contributed by atoms with Crippen molar-refractivity contribution in [2.75, 3.05) is 30.7 Å². The van der Waals surface area contributed by atoms with E-state index in [2.05, 4.69) is 0 Å². The van der Waals surface area contributed by atoms with E-state index < -0.39 is 12.1 Å². The summed E-state index contributed by atoms with van der Waals surface area (Å²) in [7, 11) is 3.17. The molecule has 1 heterocycles. The number of methoxy groups -OCH3 is 2. The Kier molecular flexibility index (Phi) is 6.70. The molecule has 170 valence electrons. The third-order valence-electron chi connectivity index (χ3n) is 5.20. The van der Waals surface area contributed by atoms with Gasteiger partial charge < -0.3 is 14.2 Å². The van der Waals surface area contributed by atoms with Crippen LogP contribution >= 0.6 is 11.6 Å². The van der Waals surface area contributed by atoms with Crippen LogP contribution in [0.25, 0.3) is 0 Å². The van der Waals surface area contributed by atoms with E-state index in [-0.39, 0.29) is 12.4 Å². The molecule has 4 rings (SSSR count). The van der Waals surface area contributed by atoms with Gasteiger partial charge in [0.15, 0.2) is 17.7 Å². The molecule has 0 spiro atoms. The first kappa shape index (κ1) is 22.5. The molecule has 1 aliphatic heterocycles. The summed E-state index contributed by atoms with van der Waals surface area (Å²) < 4.78 is 16.3. The molecule has 3 aromatic carbocycles. The summed E-state index contributed by atoms with van der Waals surface area (Å²) in [6, 6.07) is 22.5. The van der Waals surface area contributed by atoms with Gasteiger partial charge in [-0.25, -0.2) is 9.80 Å². The van der Waals surface area contributed by atoms with E-state index in [9.17, 15) is 4.79 Å². The van der Waals surface area contributed by atoms with E-state index in [1.165, 1.54) is 0 Å². The molecule has 1 aliphatic rings. The molecule has 3 aromatic rings. The molecule has 0 amide bonds. The number of rotatable bonds is 7. The predicted molar refractivity (Wildman–Crippen MR) is 129 cm³/mol. The molecule has 0 radical (unpaired) electrons. The van der Waals surface area contributed by atoms with Gasteiger partial charge in [0.05, 0.1) is 26.5 Å². The van der Waals surface area contributed by atoms with Gasteiger partial charge in [0.2, 0.25) is 5.84 Å². The van der Waals surface area contributed by atoms with E-state index in [0.29, 0.717) is 16.5 Å². The van der Waals surface area contributed by atoms with Crippen molar-refractivity contribution in [3.05, 3.63) is 83.4 Å². The number of hydrazone groups is 1. The fourth-order valence-electron chi connectivity index (χ4n) is 3.71. The zero-order valence-electron chi connectivity index (χ0n) is 18.6. The Morgan fingerprint density at radius 1 is 0.939 bits per heavy atom. The van der Waals surface area contributed by atoms with Crippen LogP contribution in [0.1, 0.15) is 18.7 Å². The number of para-hydroxylation sites is 1. The summed E-state index contributed by atoms with van der Waals surface area (Å²) in [5.41, 5.74) is 2.40. The van der Waals surface area contributed by atoms with E-state index >= 15 is 0 Å². The maximum atomic E-state index is 13.0. The molecule has 7 nitrogen and oxygen atoms in total. The molecule has 33 heavy (non-hydrogen) atoms. The van der Waals surface area contributed by atoms with Crippen molar-refractivity contribution in [3.63, 3.8) is 0 Å². The number of ether oxygens (including phenoxy) is 3. The van der Waals surface area contributed by atoms with Crippen molar-refractivity contribution in [1.82, 2.24) is 0 Å². The highest BCUT2D eigenvalue weighted by atomic mass is 35.5. The lowest BCUT2D eigenvalue weighted by Gasteiger charge is -2.32. The third kappa shape index (κ3) is 4.45. The zero-order valence-corrected chi connectivity index (χ0v) is 19.3. The number of hydrogen-bond acceptors (Lipinski definition) is 7. The van der Waals surface area contributed by atoms with Gasteiger partial charge in [-0.05, 0) is 55.5 Å². The molecule has 0 bridgehead atoms. The maximum Gasteiger partial charge on any atom is 0.376 e. The summed E-state index contributed by atoms with van der Waals surface area (Å²) in [5, 5.41) is 7.09. The van der Waals surface area contributed by atoms with Crippen LogP contribution in [0, 0.1) is 0 Å². The predicted octanol–water partition coefficient (Wildman–Crippen LogP) is 5.26. The summed E-state index contributed by atoms with van der Waals surface area (Å²) in [6.45, 7) is 2.01. The molecule has 0 unspecified atom stereocenters. The summed E-state index contributed by atoms with van der Waals surface area (Å²) in [4.78, 5) is 14.8. The lowest BCUT2D eigenvalue weighted by atomic mass is 10.1. The Bertz CT molecular complexity index is 1150. The van der Waals surface area contributed by atoms with Crippen LogP contribution in [0.5, 0.6) is 11.5 Å². The summed E-state index contributed by atoms with van der Waals surface area (Å²) in [5.74, 6) is 0.847. The number of carbonyl (C=O) groups excluding carboxylic acids is 1. The highest BCUT2D eigenvalue weighted by Gasteiger charge is 2.41. The molecule has 0 N–H and O–H groups in total. The Labute approximate surface area is 197 Å². The first-order chi connectivity index (χ1) is 16.1. The molecular weight excluding hydrogens is 442 g/mol. The minimum atomic E-state index is -0.511. The molecular formula is C25H24ClN3O4. The lowest BCUT2D eigenvalue weighted by molar-refractivity contribution is -0.135. The largest absolute Gasteiger partial charge is 0.493 e. The number of hydrogen-bond donors (Lipinski definition) is 0. The summed E-state index contributed by atoms with van der Waals surface area (Å²) in [6.07, 6.45) is -0.493. The third-order valence-corrected chi connectivity index (χ3v) is 5.45. The Morgan fingerprint density at radius 3 is 2.27 bits per heavy atom. The normalized spacial score (nSPS) is 15.3. The quantitative estimate of drug-likeness (QED) is 0.443. The molecule has 8 heteroatoms. The minimum absolute atomic E-state index is 0.179. The van der Waals surface area contributed by atoms with Crippen molar-refractivity contribution < 1.29 is 19.0 Å². The van der Waals surface area contributed by atoms with Gasteiger partial charge >= 0.3 is 5.97 Å². The average Bonchev–Trinajstić information content (AvgIpc) is 3.25. The number of nitrogens with zero attached hydrogens (tertiary/aromatic N) is 3. The Hall–Kier alpha value is -3.71. The molecule has 0 fully saturated rings. The Morgan fingerprint density at radius 2 is 1.64 bits per heavy atom. The standard InChI is InChI=1S/C25H24ClN3O4/c1-4-33-25(30)23-27-29(20-13-11-18(26)12-14-20)24(28(23)19-8-6-5-7-9-19)17-10-15-21(31-2)22(16-17)32-3/h5-16,24H,4H2,1-3H3/t24-/m1/s1. The van der Waals surface area contributed by atoms with Crippen LogP contribution in [-0.4, -0.2) is 32.6 Å². The zero-order chi connectivity index (χ0) is 23.4. The number of benzene rings is 3. The van der Waals surface area contributed by atoms with Gasteiger partial charge in [0.25, 0.3) is 0 Å². The highest BCUT2D eigenvalue weighted by molar-refractivity contribution is 6.42. The molecule has 0 saturated carbocycles.